The highest BCUT2D eigenvalue weighted by Crippen LogP contribution is 2.68. The molecule has 0 unspecified atom stereocenters. The number of carbonyl (C=O) groups excluding carboxylic acids is 2. The number of thiazole rings is 1. The number of hydrogen-bond acceptors (Lipinski definition) is 5. The van der Waals surface area contributed by atoms with Gasteiger partial charge in [0.15, 0.2) is 0 Å². The number of hydrogen-bond donors (Lipinski definition) is 1. The van der Waals surface area contributed by atoms with Gasteiger partial charge in [-0.05, 0) is 61.3 Å². The summed E-state index contributed by atoms with van der Waals surface area (Å²) in [4.78, 5) is 45.4. The van der Waals surface area contributed by atoms with Crippen LogP contribution < -0.4 is 9.77 Å². The number of fused-ring (bicyclic) bond motifs is 9. The molecule has 2 bridgehead atoms. The second-order valence-corrected chi connectivity index (χ2v) is 12.4. The van der Waals surface area contributed by atoms with Crippen LogP contribution in [0.5, 0.6) is 0 Å². The predicted molar refractivity (Wildman–Crippen MR) is 133 cm³/mol. The predicted octanol–water partition coefficient (Wildman–Crippen LogP) is 4.73. The molecule has 3 fully saturated rings. The highest BCUT2D eigenvalue weighted by atomic mass is 32.2. The van der Waals surface area contributed by atoms with Gasteiger partial charge >= 0.3 is 4.87 Å². The minimum absolute atomic E-state index is 0.0266. The number of aryl methyl sites for hydroxylation is 2. The number of imide groups is 1. The molecule has 2 amide bonds. The van der Waals surface area contributed by atoms with E-state index in [0.717, 1.165) is 21.9 Å². The summed E-state index contributed by atoms with van der Waals surface area (Å²) in [6.07, 6.45) is 0.915. The van der Waals surface area contributed by atoms with Crippen LogP contribution in [0.3, 0.4) is 0 Å². The molecular formula is C27H24N2O3S2. The number of amides is 2. The summed E-state index contributed by atoms with van der Waals surface area (Å²) in [5.41, 5.74) is 4.24. The summed E-state index contributed by atoms with van der Waals surface area (Å²) >= 11 is 3.05. The molecule has 1 aromatic heterocycles. The van der Waals surface area contributed by atoms with Crippen molar-refractivity contribution in [3.8, 4) is 0 Å². The molecule has 0 radical (unpaired) electrons. The molecule has 172 valence electrons. The average Bonchev–Trinajstić information content (AvgIpc) is 3.54. The quantitative estimate of drug-likeness (QED) is 0.530. The smallest absolute Gasteiger partial charge is 0.305 e. The lowest BCUT2D eigenvalue weighted by atomic mass is 9.67. The van der Waals surface area contributed by atoms with E-state index >= 15 is 0 Å². The average molecular weight is 489 g/mol. The zero-order valence-electron chi connectivity index (χ0n) is 18.9. The Balaban J connectivity index is 1.34. The molecule has 1 N–H and O–H groups in total. The Morgan fingerprint density at radius 1 is 0.912 bits per heavy atom. The Morgan fingerprint density at radius 3 is 2.35 bits per heavy atom. The van der Waals surface area contributed by atoms with E-state index in [4.69, 9.17) is 0 Å². The molecule has 2 aliphatic carbocycles. The summed E-state index contributed by atoms with van der Waals surface area (Å²) in [7, 11) is 0. The molecule has 7 heteroatoms. The van der Waals surface area contributed by atoms with Crippen LogP contribution in [0.15, 0.2) is 58.4 Å². The van der Waals surface area contributed by atoms with Crippen LogP contribution in [0.2, 0.25) is 0 Å². The first kappa shape index (κ1) is 20.7. The Morgan fingerprint density at radius 2 is 1.62 bits per heavy atom. The number of anilines is 1. The Labute approximate surface area is 205 Å². The highest BCUT2D eigenvalue weighted by molar-refractivity contribution is 8.00. The van der Waals surface area contributed by atoms with E-state index in [9.17, 15) is 14.4 Å². The Hall–Kier alpha value is -2.64. The molecule has 2 aliphatic heterocycles. The van der Waals surface area contributed by atoms with Gasteiger partial charge in [-0.2, -0.15) is 0 Å². The minimum Gasteiger partial charge on any atom is -0.307 e. The van der Waals surface area contributed by atoms with E-state index in [1.165, 1.54) is 27.4 Å². The fraction of sp³-hybridized carbons (Fsp3) is 0.370. The monoisotopic (exact) mass is 488 g/mol. The summed E-state index contributed by atoms with van der Waals surface area (Å²) in [5, 5.41) is 1.18. The normalized spacial score (nSPS) is 33.2. The number of rotatable bonds is 2. The van der Waals surface area contributed by atoms with Crippen LogP contribution in [-0.2, 0) is 9.59 Å². The highest BCUT2D eigenvalue weighted by Gasteiger charge is 2.69. The second-order valence-electron chi connectivity index (χ2n) is 10.2. The molecule has 3 heterocycles. The lowest BCUT2D eigenvalue weighted by Gasteiger charge is -2.43. The number of nitrogens with one attached hydrogen (secondary N) is 1. The van der Waals surface area contributed by atoms with Gasteiger partial charge in [0.2, 0.25) is 11.8 Å². The molecule has 4 aliphatic rings. The van der Waals surface area contributed by atoms with Crippen molar-refractivity contribution < 1.29 is 9.59 Å². The zero-order valence-corrected chi connectivity index (χ0v) is 20.5. The van der Waals surface area contributed by atoms with Crippen LogP contribution in [0, 0.1) is 43.4 Å². The van der Waals surface area contributed by atoms with E-state index in [2.05, 4.69) is 30.1 Å². The third-order valence-corrected chi connectivity index (χ3v) is 11.1. The number of nitrogens with zero attached hydrogens (tertiary/aromatic N) is 1. The van der Waals surface area contributed by atoms with Gasteiger partial charge in [-0.15, -0.1) is 11.8 Å². The first-order chi connectivity index (χ1) is 16.4. The van der Waals surface area contributed by atoms with Gasteiger partial charge in [0.1, 0.15) is 0 Å². The lowest BCUT2D eigenvalue weighted by Crippen LogP contribution is -2.42. The maximum Gasteiger partial charge on any atom is 0.305 e. The van der Waals surface area contributed by atoms with E-state index in [1.807, 2.05) is 37.3 Å². The summed E-state index contributed by atoms with van der Waals surface area (Å²) in [6, 6.07) is 16.1. The lowest BCUT2D eigenvalue weighted by molar-refractivity contribution is -0.123. The largest absolute Gasteiger partial charge is 0.307 e. The van der Waals surface area contributed by atoms with Crippen molar-refractivity contribution in [2.24, 2.45) is 29.6 Å². The van der Waals surface area contributed by atoms with Gasteiger partial charge in [-0.25, -0.2) is 0 Å². The third-order valence-electron chi connectivity index (χ3n) is 8.54. The Kier molecular flexibility index (Phi) is 4.38. The van der Waals surface area contributed by atoms with Crippen molar-refractivity contribution in [3.05, 3.63) is 79.8 Å². The third kappa shape index (κ3) is 2.65. The maximum absolute atomic E-state index is 13.8. The zero-order chi connectivity index (χ0) is 23.3. The number of H-pyrrole nitrogens is 1. The number of benzene rings is 2. The van der Waals surface area contributed by atoms with Gasteiger partial charge in [-0.3, -0.25) is 19.3 Å². The van der Waals surface area contributed by atoms with Crippen molar-refractivity contribution in [1.29, 1.82) is 0 Å². The van der Waals surface area contributed by atoms with Crippen LogP contribution in [0.1, 0.15) is 33.9 Å². The fourth-order valence-corrected chi connectivity index (χ4v) is 10.1. The van der Waals surface area contributed by atoms with E-state index < -0.39 is 0 Å². The van der Waals surface area contributed by atoms with Crippen LogP contribution >= 0.6 is 23.1 Å². The van der Waals surface area contributed by atoms with Crippen molar-refractivity contribution in [3.63, 3.8) is 0 Å². The molecule has 7 atom stereocenters. The number of carbonyl (C=O) groups is 2. The van der Waals surface area contributed by atoms with E-state index in [-0.39, 0.29) is 57.4 Å². The molecule has 7 rings (SSSR count). The molecular weight excluding hydrogens is 464 g/mol. The van der Waals surface area contributed by atoms with Gasteiger partial charge in [0.05, 0.1) is 22.5 Å². The van der Waals surface area contributed by atoms with E-state index in [0.29, 0.717) is 5.69 Å². The van der Waals surface area contributed by atoms with E-state index in [1.54, 1.807) is 11.8 Å². The Bertz CT molecular complexity index is 1410. The fourth-order valence-electron chi connectivity index (χ4n) is 7.25. The first-order valence-electron chi connectivity index (χ1n) is 11.8. The minimum atomic E-state index is -0.260. The van der Waals surface area contributed by atoms with Gasteiger partial charge < -0.3 is 4.98 Å². The number of thioether (sulfide) groups is 1. The van der Waals surface area contributed by atoms with Gasteiger partial charge in [-0.1, -0.05) is 53.3 Å². The maximum atomic E-state index is 13.8. The van der Waals surface area contributed by atoms with Crippen LogP contribution in [-0.4, -0.2) is 22.0 Å². The first-order valence-corrected chi connectivity index (χ1v) is 13.5. The second kappa shape index (κ2) is 7.18. The van der Waals surface area contributed by atoms with Crippen LogP contribution in [0.25, 0.3) is 0 Å². The topological polar surface area (TPSA) is 70.2 Å². The molecule has 2 saturated carbocycles. The molecule has 1 saturated heterocycles. The van der Waals surface area contributed by atoms with Crippen LogP contribution in [0.4, 0.5) is 5.69 Å². The molecule has 3 aromatic rings. The van der Waals surface area contributed by atoms with Crippen molar-refractivity contribution in [2.45, 2.75) is 36.5 Å². The molecule has 0 spiro atoms. The SMILES string of the molecule is Cc1ccc(N2C(=O)[C@@H]3[C@H]4C[C@@H]([C@@H]3C2=O)[C@@H]2[C@@H](c3ccccc3C)c3sc(=O)[nH]c3S[C@H]42)cc1. The molecule has 34 heavy (non-hydrogen) atoms. The van der Waals surface area contributed by atoms with Crippen molar-refractivity contribution >= 4 is 40.6 Å². The number of aromatic amines is 1. The standard InChI is InChI=1S/C27H24N2O3S2/c1-12-7-9-14(10-8-12)29-25(30)20-16-11-17(21(20)26(29)31)22-19(16)18(15-6-4-3-5-13(15)2)23-24(33-22)28-27(32)34-23/h3-10,16-22H,11H2,1-2H3,(H,28,32)/t16-,17-,18-,19-,20+,21-,22-/m1/s1. The summed E-state index contributed by atoms with van der Waals surface area (Å²) in [6.45, 7) is 4.13. The summed E-state index contributed by atoms with van der Waals surface area (Å²) in [5.74, 6) is 0.0363. The number of aromatic nitrogens is 1. The molecule has 5 nitrogen and oxygen atoms in total. The van der Waals surface area contributed by atoms with Crippen molar-refractivity contribution in [2.75, 3.05) is 4.90 Å². The van der Waals surface area contributed by atoms with Gasteiger partial charge in [0.25, 0.3) is 0 Å². The summed E-state index contributed by atoms with van der Waals surface area (Å²) < 4.78 is 0. The van der Waals surface area contributed by atoms with Gasteiger partial charge in [0, 0.05) is 16.0 Å². The molecule has 2 aromatic carbocycles. The van der Waals surface area contributed by atoms with Crippen molar-refractivity contribution in [1.82, 2.24) is 4.98 Å².